The van der Waals surface area contributed by atoms with Crippen LogP contribution in [-0.4, -0.2) is 8.42 Å². The zero-order valence-electron chi connectivity index (χ0n) is 11.8. The van der Waals surface area contributed by atoms with E-state index in [0.717, 1.165) is 30.9 Å². The summed E-state index contributed by atoms with van der Waals surface area (Å²) < 4.78 is 38.4. The lowest BCUT2D eigenvalue weighted by molar-refractivity contribution is 0.582. The van der Waals surface area contributed by atoms with Crippen LogP contribution in [0.5, 0.6) is 0 Å². The molecular formula is C17H17FO2S. The summed E-state index contributed by atoms with van der Waals surface area (Å²) in [4.78, 5) is 0.257. The molecule has 0 bridgehead atoms. The Kier molecular flexibility index (Phi) is 3.57. The van der Waals surface area contributed by atoms with E-state index in [4.69, 9.17) is 0 Å². The minimum atomic E-state index is -3.65. The highest BCUT2D eigenvalue weighted by Gasteiger charge is 2.22. The first-order valence-corrected chi connectivity index (χ1v) is 8.60. The molecule has 0 aliphatic heterocycles. The maximum atomic E-state index is 13.3. The van der Waals surface area contributed by atoms with E-state index in [2.05, 4.69) is 6.92 Å². The van der Waals surface area contributed by atoms with Crippen molar-refractivity contribution in [3.63, 3.8) is 0 Å². The van der Waals surface area contributed by atoms with Crippen molar-refractivity contribution < 1.29 is 12.8 Å². The first-order chi connectivity index (χ1) is 9.98. The second kappa shape index (κ2) is 5.26. The maximum Gasteiger partial charge on any atom is 0.206 e. The number of hydrogen-bond donors (Lipinski definition) is 0. The van der Waals surface area contributed by atoms with E-state index >= 15 is 0 Å². The van der Waals surface area contributed by atoms with Crippen molar-refractivity contribution in [2.75, 3.05) is 0 Å². The van der Waals surface area contributed by atoms with Gasteiger partial charge in [0.25, 0.3) is 0 Å². The molecule has 0 aromatic heterocycles. The Balaban J connectivity index is 2.08. The molecular weight excluding hydrogens is 287 g/mol. The van der Waals surface area contributed by atoms with E-state index in [1.165, 1.54) is 23.8 Å². The zero-order valence-corrected chi connectivity index (χ0v) is 12.7. The van der Waals surface area contributed by atoms with Crippen LogP contribution in [-0.2, 0) is 16.3 Å². The van der Waals surface area contributed by atoms with Gasteiger partial charge in [-0.25, -0.2) is 12.8 Å². The van der Waals surface area contributed by atoms with Crippen LogP contribution in [0.3, 0.4) is 0 Å². The summed E-state index contributed by atoms with van der Waals surface area (Å²) in [5, 5.41) is 0. The molecule has 2 nitrogen and oxygen atoms in total. The molecule has 1 aliphatic rings. The fourth-order valence-corrected chi connectivity index (χ4v) is 4.31. The number of rotatable bonds is 2. The monoisotopic (exact) mass is 304 g/mol. The smallest absolute Gasteiger partial charge is 0.206 e. The van der Waals surface area contributed by atoms with Gasteiger partial charge >= 0.3 is 0 Å². The van der Waals surface area contributed by atoms with Gasteiger partial charge in [0.15, 0.2) is 0 Å². The third-order valence-electron chi connectivity index (χ3n) is 4.15. The Morgan fingerprint density at radius 2 is 1.86 bits per heavy atom. The summed E-state index contributed by atoms with van der Waals surface area (Å²) >= 11 is 0. The third-order valence-corrected chi connectivity index (χ3v) is 5.89. The summed E-state index contributed by atoms with van der Waals surface area (Å²) in [6.07, 6.45) is 3.13. The molecule has 0 saturated heterocycles. The highest BCUT2D eigenvalue weighted by molar-refractivity contribution is 7.91. The molecule has 2 aromatic carbocycles. The fourth-order valence-electron chi connectivity index (χ4n) is 2.97. The number of halogens is 1. The van der Waals surface area contributed by atoms with Gasteiger partial charge in [-0.2, -0.15) is 0 Å². The average Bonchev–Trinajstić information content (AvgIpc) is 2.47. The van der Waals surface area contributed by atoms with Crippen molar-refractivity contribution in [2.45, 2.75) is 41.9 Å². The lowest BCUT2D eigenvalue weighted by Gasteiger charge is -2.22. The molecule has 3 rings (SSSR count). The average molecular weight is 304 g/mol. The second-order valence-corrected chi connectivity index (χ2v) is 7.56. The normalized spacial score (nSPS) is 18.3. The summed E-state index contributed by atoms with van der Waals surface area (Å²) in [6.45, 7) is 2.17. The quantitative estimate of drug-likeness (QED) is 0.837. The van der Waals surface area contributed by atoms with Crippen LogP contribution in [0.4, 0.5) is 4.39 Å². The van der Waals surface area contributed by atoms with Crippen molar-refractivity contribution >= 4 is 9.84 Å². The summed E-state index contributed by atoms with van der Waals surface area (Å²) in [6, 6.07) is 10.5. The van der Waals surface area contributed by atoms with Crippen LogP contribution in [0.1, 0.15) is 36.8 Å². The largest absolute Gasteiger partial charge is 0.219 e. The van der Waals surface area contributed by atoms with Crippen LogP contribution in [0, 0.1) is 5.82 Å². The molecule has 4 heteroatoms. The highest BCUT2D eigenvalue weighted by Crippen LogP contribution is 2.33. The molecule has 2 aromatic rings. The van der Waals surface area contributed by atoms with E-state index in [1.807, 2.05) is 6.07 Å². The molecule has 0 N–H and O–H groups in total. The minimum absolute atomic E-state index is 0.00584. The Morgan fingerprint density at radius 1 is 1.10 bits per heavy atom. The molecule has 0 amide bonds. The molecule has 0 fully saturated rings. The van der Waals surface area contributed by atoms with Crippen LogP contribution in [0.2, 0.25) is 0 Å². The molecule has 0 heterocycles. The van der Waals surface area contributed by atoms with Gasteiger partial charge < -0.3 is 0 Å². The lowest BCUT2D eigenvalue weighted by Crippen LogP contribution is -2.09. The van der Waals surface area contributed by atoms with Crippen LogP contribution >= 0.6 is 0 Å². The number of aryl methyl sites for hydroxylation is 1. The Labute approximate surface area is 124 Å². The lowest BCUT2D eigenvalue weighted by atomic mass is 9.84. The minimum Gasteiger partial charge on any atom is -0.219 e. The van der Waals surface area contributed by atoms with Gasteiger partial charge in [0.2, 0.25) is 9.84 Å². The van der Waals surface area contributed by atoms with Gasteiger partial charge in [-0.15, -0.1) is 0 Å². The van der Waals surface area contributed by atoms with E-state index < -0.39 is 15.7 Å². The van der Waals surface area contributed by atoms with E-state index in [-0.39, 0.29) is 9.79 Å². The molecule has 0 radical (unpaired) electrons. The molecule has 1 aliphatic carbocycles. The Morgan fingerprint density at radius 3 is 2.62 bits per heavy atom. The number of sulfone groups is 1. The van der Waals surface area contributed by atoms with Crippen molar-refractivity contribution in [3.8, 4) is 0 Å². The van der Waals surface area contributed by atoms with Crippen molar-refractivity contribution in [1.82, 2.24) is 0 Å². The van der Waals surface area contributed by atoms with Crippen LogP contribution in [0.15, 0.2) is 52.3 Å². The first kappa shape index (κ1) is 14.3. The molecule has 0 saturated carbocycles. The summed E-state index contributed by atoms with van der Waals surface area (Å²) in [7, 11) is -3.65. The molecule has 1 atom stereocenters. The summed E-state index contributed by atoms with van der Waals surface area (Å²) in [5.74, 6) is -0.0673. The van der Waals surface area contributed by atoms with Gasteiger partial charge in [-0.1, -0.05) is 19.1 Å². The standard InChI is InChI=1S/C17H17FO2S/c1-12-4-2-5-13-10-16(8-9-17(12)13)21(19,20)15-7-3-6-14(18)11-15/h3,6-12H,2,4-5H2,1H3. The van der Waals surface area contributed by atoms with E-state index in [1.54, 1.807) is 12.1 Å². The van der Waals surface area contributed by atoms with Gasteiger partial charge in [-0.3, -0.25) is 0 Å². The van der Waals surface area contributed by atoms with E-state index in [9.17, 15) is 12.8 Å². The molecule has 0 spiro atoms. The number of fused-ring (bicyclic) bond motifs is 1. The predicted octanol–water partition coefficient (Wildman–Crippen LogP) is 4.10. The Bertz CT molecular complexity index is 781. The molecule has 110 valence electrons. The maximum absolute atomic E-state index is 13.3. The predicted molar refractivity (Wildman–Crippen MR) is 79.6 cm³/mol. The Hall–Kier alpha value is -1.68. The highest BCUT2D eigenvalue weighted by atomic mass is 32.2. The van der Waals surface area contributed by atoms with Crippen LogP contribution < -0.4 is 0 Å². The molecule has 1 unspecified atom stereocenters. The van der Waals surface area contributed by atoms with Crippen molar-refractivity contribution in [1.29, 1.82) is 0 Å². The van der Waals surface area contributed by atoms with Crippen molar-refractivity contribution in [3.05, 3.63) is 59.4 Å². The van der Waals surface area contributed by atoms with Crippen LogP contribution in [0.25, 0.3) is 0 Å². The SMILES string of the molecule is CC1CCCc2cc(S(=O)(=O)c3cccc(F)c3)ccc21. The molecule has 21 heavy (non-hydrogen) atoms. The van der Waals surface area contributed by atoms with Gasteiger partial charge in [0.05, 0.1) is 9.79 Å². The zero-order chi connectivity index (χ0) is 15.0. The fraction of sp³-hybridized carbons (Fsp3) is 0.294. The first-order valence-electron chi connectivity index (χ1n) is 7.12. The number of hydrogen-bond acceptors (Lipinski definition) is 2. The van der Waals surface area contributed by atoms with E-state index in [0.29, 0.717) is 5.92 Å². The second-order valence-electron chi connectivity index (χ2n) is 5.61. The van der Waals surface area contributed by atoms with Crippen molar-refractivity contribution in [2.24, 2.45) is 0 Å². The van der Waals surface area contributed by atoms with Gasteiger partial charge in [0, 0.05) is 0 Å². The van der Waals surface area contributed by atoms with Gasteiger partial charge in [-0.05, 0) is 66.6 Å². The number of benzene rings is 2. The summed E-state index contributed by atoms with van der Waals surface area (Å²) in [5.41, 5.74) is 2.34. The topological polar surface area (TPSA) is 34.1 Å². The third kappa shape index (κ3) is 2.60. The van der Waals surface area contributed by atoms with Gasteiger partial charge in [0.1, 0.15) is 5.82 Å².